The van der Waals surface area contributed by atoms with E-state index in [0.29, 0.717) is 18.4 Å². The second-order valence-electron chi connectivity index (χ2n) is 5.54. The molecule has 0 saturated carbocycles. The third-order valence-electron chi connectivity index (χ3n) is 3.49. The summed E-state index contributed by atoms with van der Waals surface area (Å²) in [7, 11) is 0. The summed E-state index contributed by atoms with van der Waals surface area (Å²) in [6, 6.07) is 7.67. The summed E-state index contributed by atoms with van der Waals surface area (Å²) in [6.45, 7) is 7.16. The van der Waals surface area contributed by atoms with Crippen molar-refractivity contribution in [3.8, 4) is 0 Å². The van der Waals surface area contributed by atoms with Gasteiger partial charge in [-0.05, 0) is 24.3 Å². The van der Waals surface area contributed by atoms with Crippen LogP contribution in [0, 0.1) is 11.8 Å². The fourth-order valence-electron chi connectivity index (χ4n) is 2.90. The molecule has 1 aliphatic heterocycles. The standard InChI is InChI=1S/C15H20BrNO/c1-11-7-12(2)9-17(8-11)10-15(18)13-5-3-4-6-14(13)16/h3-6,11-12H,7-10H2,1-2H3/t11-,12-/m0/s1. The molecule has 2 rings (SSSR count). The molecule has 3 heteroatoms. The number of halogens is 1. The monoisotopic (exact) mass is 309 g/mol. The van der Waals surface area contributed by atoms with Crippen LogP contribution in [-0.4, -0.2) is 30.3 Å². The van der Waals surface area contributed by atoms with Crippen LogP contribution in [0.15, 0.2) is 28.7 Å². The van der Waals surface area contributed by atoms with E-state index in [2.05, 4.69) is 34.7 Å². The Labute approximate surface area is 117 Å². The molecule has 0 N–H and O–H groups in total. The molecule has 0 bridgehead atoms. The quantitative estimate of drug-likeness (QED) is 0.795. The van der Waals surface area contributed by atoms with Gasteiger partial charge >= 0.3 is 0 Å². The van der Waals surface area contributed by atoms with Crippen molar-refractivity contribution in [2.75, 3.05) is 19.6 Å². The molecule has 0 aromatic heterocycles. The van der Waals surface area contributed by atoms with Gasteiger partial charge in [-0.1, -0.05) is 48.0 Å². The van der Waals surface area contributed by atoms with Crippen molar-refractivity contribution in [2.45, 2.75) is 20.3 Å². The molecule has 18 heavy (non-hydrogen) atoms. The van der Waals surface area contributed by atoms with E-state index in [9.17, 15) is 4.79 Å². The zero-order chi connectivity index (χ0) is 13.1. The van der Waals surface area contributed by atoms with Crippen LogP contribution >= 0.6 is 15.9 Å². The lowest BCUT2D eigenvalue weighted by atomic mass is 9.91. The van der Waals surface area contributed by atoms with Crippen molar-refractivity contribution in [3.05, 3.63) is 34.3 Å². The average molecular weight is 310 g/mol. The number of ketones is 1. The van der Waals surface area contributed by atoms with E-state index in [1.54, 1.807) is 0 Å². The van der Waals surface area contributed by atoms with Gasteiger partial charge in [-0.15, -0.1) is 0 Å². The van der Waals surface area contributed by atoms with Gasteiger partial charge in [-0.25, -0.2) is 0 Å². The van der Waals surface area contributed by atoms with Crippen LogP contribution in [0.3, 0.4) is 0 Å². The first kappa shape index (κ1) is 13.8. The molecule has 1 aromatic rings. The first-order valence-electron chi connectivity index (χ1n) is 6.56. The van der Waals surface area contributed by atoms with Crippen LogP contribution in [0.25, 0.3) is 0 Å². The number of hydrogen-bond donors (Lipinski definition) is 0. The van der Waals surface area contributed by atoms with Gasteiger partial charge < -0.3 is 0 Å². The van der Waals surface area contributed by atoms with E-state index in [4.69, 9.17) is 0 Å². The normalized spacial score (nSPS) is 25.1. The van der Waals surface area contributed by atoms with E-state index >= 15 is 0 Å². The van der Waals surface area contributed by atoms with Gasteiger partial charge in [0.2, 0.25) is 0 Å². The van der Waals surface area contributed by atoms with Crippen LogP contribution < -0.4 is 0 Å². The molecule has 1 saturated heterocycles. The summed E-state index contributed by atoms with van der Waals surface area (Å²) < 4.78 is 0.896. The number of nitrogens with zero attached hydrogens (tertiary/aromatic N) is 1. The lowest BCUT2D eigenvalue weighted by molar-refractivity contribution is 0.0849. The lowest BCUT2D eigenvalue weighted by Gasteiger charge is -2.34. The van der Waals surface area contributed by atoms with Crippen LogP contribution in [-0.2, 0) is 0 Å². The average Bonchev–Trinajstić information content (AvgIpc) is 2.27. The van der Waals surface area contributed by atoms with Crippen molar-refractivity contribution >= 4 is 21.7 Å². The summed E-state index contributed by atoms with van der Waals surface area (Å²) in [5.41, 5.74) is 0.795. The molecule has 2 atom stereocenters. The zero-order valence-corrected chi connectivity index (χ0v) is 12.6. The Balaban J connectivity index is 2.01. The second kappa shape index (κ2) is 5.98. The highest BCUT2D eigenvalue weighted by atomic mass is 79.9. The van der Waals surface area contributed by atoms with E-state index in [-0.39, 0.29) is 5.78 Å². The van der Waals surface area contributed by atoms with Gasteiger partial charge in [-0.3, -0.25) is 9.69 Å². The third kappa shape index (κ3) is 3.42. The van der Waals surface area contributed by atoms with E-state index in [1.165, 1.54) is 6.42 Å². The fourth-order valence-corrected chi connectivity index (χ4v) is 3.40. The van der Waals surface area contributed by atoms with Crippen LogP contribution in [0.1, 0.15) is 30.6 Å². The Morgan fingerprint density at radius 1 is 1.28 bits per heavy atom. The van der Waals surface area contributed by atoms with E-state index in [1.807, 2.05) is 24.3 Å². The van der Waals surface area contributed by atoms with Crippen molar-refractivity contribution in [2.24, 2.45) is 11.8 Å². The van der Waals surface area contributed by atoms with Gasteiger partial charge in [0.15, 0.2) is 5.78 Å². The Morgan fingerprint density at radius 3 is 2.50 bits per heavy atom. The molecule has 1 fully saturated rings. The lowest BCUT2D eigenvalue weighted by Crippen LogP contribution is -2.41. The van der Waals surface area contributed by atoms with E-state index in [0.717, 1.165) is 23.1 Å². The minimum absolute atomic E-state index is 0.212. The molecule has 2 nitrogen and oxygen atoms in total. The zero-order valence-electron chi connectivity index (χ0n) is 11.0. The summed E-state index contributed by atoms with van der Waals surface area (Å²) in [4.78, 5) is 14.6. The Kier molecular flexibility index (Phi) is 4.57. The molecule has 1 aromatic carbocycles. The first-order valence-corrected chi connectivity index (χ1v) is 7.35. The number of benzene rings is 1. The minimum Gasteiger partial charge on any atom is -0.295 e. The number of carbonyl (C=O) groups is 1. The van der Waals surface area contributed by atoms with E-state index < -0.39 is 0 Å². The molecule has 0 spiro atoms. The maximum atomic E-state index is 12.3. The molecular formula is C15H20BrNO. The van der Waals surface area contributed by atoms with Crippen LogP contribution in [0.2, 0.25) is 0 Å². The number of carbonyl (C=O) groups excluding carboxylic acids is 1. The van der Waals surface area contributed by atoms with Crippen LogP contribution in [0.5, 0.6) is 0 Å². The topological polar surface area (TPSA) is 20.3 Å². The largest absolute Gasteiger partial charge is 0.295 e. The van der Waals surface area contributed by atoms with Gasteiger partial charge in [0.1, 0.15) is 0 Å². The summed E-state index contributed by atoms with van der Waals surface area (Å²) in [5, 5.41) is 0. The highest BCUT2D eigenvalue weighted by Gasteiger charge is 2.24. The predicted octanol–water partition coefficient (Wildman–Crippen LogP) is 3.61. The van der Waals surface area contributed by atoms with Crippen molar-refractivity contribution < 1.29 is 4.79 Å². The van der Waals surface area contributed by atoms with Gasteiger partial charge in [0.05, 0.1) is 6.54 Å². The molecule has 0 unspecified atom stereocenters. The van der Waals surface area contributed by atoms with Gasteiger partial charge in [0, 0.05) is 23.1 Å². The van der Waals surface area contributed by atoms with Crippen molar-refractivity contribution in [1.29, 1.82) is 0 Å². The summed E-state index contributed by atoms with van der Waals surface area (Å²) in [6.07, 6.45) is 1.28. The maximum absolute atomic E-state index is 12.3. The maximum Gasteiger partial charge on any atom is 0.177 e. The molecule has 0 radical (unpaired) electrons. The number of hydrogen-bond acceptors (Lipinski definition) is 2. The Bertz CT molecular complexity index is 422. The highest BCUT2D eigenvalue weighted by molar-refractivity contribution is 9.10. The Morgan fingerprint density at radius 2 is 1.89 bits per heavy atom. The third-order valence-corrected chi connectivity index (χ3v) is 4.18. The van der Waals surface area contributed by atoms with Crippen molar-refractivity contribution in [3.63, 3.8) is 0 Å². The fraction of sp³-hybridized carbons (Fsp3) is 0.533. The number of rotatable bonds is 3. The summed E-state index contributed by atoms with van der Waals surface area (Å²) in [5.74, 6) is 1.60. The van der Waals surface area contributed by atoms with Gasteiger partial charge in [-0.2, -0.15) is 0 Å². The number of piperidine rings is 1. The smallest absolute Gasteiger partial charge is 0.177 e. The highest BCUT2D eigenvalue weighted by Crippen LogP contribution is 2.22. The molecule has 98 valence electrons. The second-order valence-corrected chi connectivity index (χ2v) is 6.40. The number of likely N-dealkylation sites (tertiary alicyclic amines) is 1. The summed E-state index contributed by atoms with van der Waals surface area (Å²) >= 11 is 3.45. The molecule has 1 aliphatic rings. The van der Waals surface area contributed by atoms with Crippen molar-refractivity contribution in [1.82, 2.24) is 4.90 Å². The predicted molar refractivity (Wildman–Crippen MR) is 77.9 cm³/mol. The number of Topliss-reactive ketones (excluding diaryl/α,β-unsaturated/α-hetero) is 1. The Hall–Kier alpha value is -0.670. The molecule has 1 heterocycles. The minimum atomic E-state index is 0.212. The molecule has 0 aliphatic carbocycles. The molecular weight excluding hydrogens is 290 g/mol. The first-order chi connectivity index (χ1) is 8.56. The van der Waals surface area contributed by atoms with Gasteiger partial charge in [0.25, 0.3) is 0 Å². The van der Waals surface area contributed by atoms with Crippen LogP contribution in [0.4, 0.5) is 0 Å². The molecule has 0 amide bonds. The SMILES string of the molecule is C[C@H]1C[C@H](C)CN(CC(=O)c2ccccc2Br)C1.